The Labute approximate surface area is 305 Å². The Kier molecular flexibility index (Phi) is 15.3. The fourth-order valence-electron chi connectivity index (χ4n) is 4.65. The van der Waals surface area contributed by atoms with Crippen LogP contribution in [0.2, 0.25) is 0 Å². The number of amides is 5. The third-order valence-corrected chi connectivity index (χ3v) is 6.82. The predicted molar refractivity (Wildman–Crippen MR) is 193 cm³/mol. The SMILES string of the molecule is COC(=O)CC1Nc2ccc(C(=O)N(C)CCN=C(NC(=O)OC(C)(C)C)NC(=O)OC(C)(C)C)cc2CN(CCCNC(=O)OC(C)(C)C)C1=O. The first kappa shape index (κ1) is 43.1. The van der Waals surface area contributed by atoms with Crippen LogP contribution in [-0.4, -0.2) is 115 Å². The molecule has 1 aliphatic heterocycles. The van der Waals surface area contributed by atoms with Gasteiger partial charge < -0.3 is 39.4 Å². The largest absolute Gasteiger partial charge is 0.469 e. The average Bonchev–Trinajstić information content (AvgIpc) is 3.11. The zero-order valence-electron chi connectivity index (χ0n) is 32.2. The number of ether oxygens (including phenoxy) is 4. The van der Waals surface area contributed by atoms with E-state index < -0.39 is 47.1 Å². The predicted octanol–water partition coefficient (Wildman–Crippen LogP) is 3.76. The van der Waals surface area contributed by atoms with Crippen LogP contribution in [-0.2, 0) is 35.1 Å². The molecular weight excluding hydrogens is 678 g/mol. The van der Waals surface area contributed by atoms with Crippen LogP contribution < -0.4 is 21.3 Å². The minimum absolute atomic E-state index is 0.00944. The van der Waals surface area contributed by atoms with Crippen molar-refractivity contribution in [1.82, 2.24) is 25.8 Å². The summed E-state index contributed by atoms with van der Waals surface area (Å²) in [5.74, 6) is -1.47. The molecule has 52 heavy (non-hydrogen) atoms. The van der Waals surface area contributed by atoms with Crippen molar-refractivity contribution in [3.8, 4) is 0 Å². The summed E-state index contributed by atoms with van der Waals surface area (Å²) in [6.07, 6.45) is -2.06. The molecule has 17 heteroatoms. The van der Waals surface area contributed by atoms with Crippen LogP contribution in [0.15, 0.2) is 23.2 Å². The summed E-state index contributed by atoms with van der Waals surface area (Å²) in [5, 5.41) is 10.6. The van der Waals surface area contributed by atoms with Crippen LogP contribution in [0.1, 0.15) is 91.1 Å². The highest BCUT2D eigenvalue weighted by atomic mass is 16.6. The zero-order valence-corrected chi connectivity index (χ0v) is 32.2. The first-order valence-corrected chi connectivity index (χ1v) is 17.0. The lowest BCUT2D eigenvalue weighted by Crippen LogP contribution is -2.47. The molecule has 1 aliphatic rings. The number of carbonyl (C=O) groups is 6. The van der Waals surface area contributed by atoms with Crippen molar-refractivity contribution in [2.24, 2.45) is 4.99 Å². The average molecular weight is 734 g/mol. The number of benzene rings is 1. The molecule has 1 aromatic carbocycles. The van der Waals surface area contributed by atoms with E-state index in [-0.39, 0.29) is 56.9 Å². The molecule has 1 atom stereocenters. The second kappa shape index (κ2) is 18.4. The van der Waals surface area contributed by atoms with Crippen molar-refractivity contribution in [3.63, 3.8) is 0 Å². The van der Waals surface area contributed by atoms with Crippen molar-refractivity contribution in [2.75, 3.05) is 45.7 Å². The normalized spacial score (nSPS) is 14.4. The van der Waals surface area contributed by atoms with Crippen molar-refractivity contribution in [3.05, 3.63) is 29.3 Å². The summed E-state index contributed by atoms with van der Waals surface area (Å²) in [7, 11) is 2.82. The number of fused-ring (bicyclic) bond motifs is 1. The van der Waals surface area contributed by atoms with Crippen LogP contribution in [0, 0.1) is 0 Å². The fraction of sp³-hybridized carbons (Fsp3) is 0.629. The van der Waals surface area contributed by atoms with Crippen LogP contribution in [0.4, 0.5) is 20.1 Å². The van der Waals surface area contributed by atoms with E-state index in [9.17, 15) is 28.8 Å². The van der Waals surface area contributed by atoms with Crippen LogP contribution in [0.5, 0.6) is 0 Å². The maximum atomic E-state index is 13.5. The molecule has 5 amide bonds. The van der Waals surface area contributed by atoms with Gasteiger partial charge in [-0.1, -0.05) is 0 Å². The molecular formula is C35H55N7O10. The van der Waals surface area contributed by atoms with Crippen molar-refractivity contribution >= 4 is 47.7 Å². The number of rotatable bonds is 10. The maximum absolute atomic E-state index is 13.5. The Balaban J connectivity index is 2.20. The number of anilines is 1. The van der Waals surface area contributed by atoms with E-state index in [1.807, 2.05) is 0 Å². The first-order valence-electron chi connectivity index (χ1n) is 17.0. The lowest BCUT2D eigenvalue weighted by Gasteiger charge is -2.24. The second-order valence-electron chi connectivity index (χ2n) is 15.1. The van der Waals surface area contributed by atoms with E-state index in [4.69, 9.17) is 18.9 Å². The standard InChI is InChI=1S/C35H55N7O10/c1-33(2,3)50-30(46)37-15-12-17-42-21-23-19-22(13-14-24(23)38-25(28(42)45)20-26(43)49-11)27(44)41(10)18-16-36-29(39-31(47)51-34(4,5)6)40-32(48)52-35(7,8)9/h13-14,19,25,38H,12,15-18,20-21H2,1-11H3,(H,37,46)(H2,36,39,40,47,48). The highest BCUT2D eigenvalue weighted by Crippen LogP contribution is 2.26. The molecule has 0 aliphatic carbocycles. The van der Waals surface area contributed by atoms with E-state index >= 15 is 0 Å². The third-order valence-electron chi connectivity index (χ3n) is 6.82. The fourth-order valence-corrected chi connectivity index (χ4v) is 4.65. The molecule has 0 radical (unpaired) electrons. The first-order chi connectivity index (χ1) is 24.0. The van der Waals surface area contributed by atoms with Gasteiger partial charge >= 0.3 is 24.2 Å². The Morgan fingerprint density at radius 1 is 0.904 bits per heavy atom. The Morgan fingerprint density at radius 3 is 2.00 bits per heavy atom. The molecule has 1 aromatic rings. The molecule has 4 N–H and O–H groups in total. The van der Waals surface area contributed by atoms with E-state index in [1.165, 1.54) is 12.0 Å². The molecule has 17 nitrogen and oxygen atoms in total. The second-order valence-corrected chi connectivity index (χ2v) is 15.1. The molecule has 1 heterocycles. The lowest BCUT2D eigenvalue weighted by molar-refractivity contribution is -0.144. The summed E-state index contributed by atoms with van der Waals surface area (Å²) in [4.78, 5) is 83.3. The van der Waals surface area contributed by atoms with E-state index in [0.29, 0.717) is 23.2 Å². The number of hydrogen-bond donors (Lipinski definition) is 4. The van der Waals surface area contributed by atoms with E-state index in [1.54, 1.807) is 92.5 Å². The lowest BCUT2D eigenvalue weighted by atomic mass is 10.1. The number of alkyl carbamates (subject to hydrolysis) is 3. The number of nitrogens with zero attached hydrogens (tertiary/aromatic N) is 3. The van der Waals surface area contributed by atoms with Crippen molar-refractivity contribution < 1.29 is 47.7 Å². The molecule has 0 saturated carbocycles. The van der Waals surface area contributed by atoms with Crippen LogP contribution >= 0.6 is 0 Å². The van der Waals surface area contributed by atoms with Gasteiger partial charge in [-0.25, -0.2) is 14.4 Å². The van der Waals surface area contributed by atoms with Crippen LogP contribution in [0.25, 0.3) is 0 Å². The van der Waals surface area contributed by atoms with Gasteiger partial charge in [0.25, 0.3) is 5.91 Å². The number of hydrogen-bond acceptors (Lipinski definition) is 12. The quantitative estimate of drug-likeness (QED) is 0.0896. The Bertz CT molecular complexity index is 1460. The molecule has 1 unspecified atom stereocenters. The van der Waals surface area contributed by atoms with Gasteiger partial charge in [-0.05, 0) is 92.5 Å². The molecule has 290 valence electrons. The van der Waals surface area contributed by atoms with Crippen molar-refractivity contribution in [2.45, 2.75) is 105 Å². The highest BCUT2D eigenvalue weighted by Gasteiger charge is 2.32. The van der Waals surface area contributed by atoms with E-state index in [0.717, 1.165) is 0 Å². The topological polar surface area (TPSA) is 206 Å². The number of esters is 1. The highest BCUT2D eigenvalue weighted by molar-refractivity contribution is 6.01. The summed E-state index contributed by atoms with van der Waals surface area (Å²) in [5.41, 5.74) is -0.712. The number of guanidine groups is 1. The zero-order chi connectivity index (χ0) is 39.4. The Hall–Kier alpha value is -5.09. The number of aliphatic imine (C=N–C) groups is 1. The number of methoxy groups -OCH3 is 1. The number of carbonyl (C=O) groups excluding carboxylic acids is 6. The van der Waals surface area contributed by atoms with E-state index in [2.05, 4.69) is 26.3 Å². The van der Waals surface area contributed by atoms with Gasteiger partial charge in [0.2, 0.25) is 11.9 Å². The summed E-state index contributed by atoms with van der Waals surface area (Å²) in [6, 6.07) is 4.04. The molecule has 2 rings (SSSR count). The molecule has 0 spiro atoms. The summed E-state index contributed by atoms with van der Waals surface area (Å²) < 4.78 is 20.6. The third kappa shape index (κ3) is 15.9. The van der Waals surface area contributed by atoms with Gasteiger partial charge in [-0.3, -0.25) is 30.0 Å². The van der Waals surface area contributed by atoms with Gasteiger partial charge in [-0.2, -0.15) is 0 Å². The molecule has 0 fully saturated rings. The van der Waals surface area contributed by atoms with Crippen LogP contribution in [0.3, 0.4) is 0 Å². The molecule has 0 aromatic heterocycles. The maximum Gasteiger partial charge on any atom is 0.414 e. The Morgan fingerprint density at radius 2 is 1.46 bits per heavy atom. The number of nitrogens with one attached hydrogen (secondary N) is 4. The van der Waals surface area contributed by atoms with Crippen molar-refractivity contribution in [1.29, 1.82) is 0 Å². The minimum Gasteiger partial charge on any atom is -0.469 e. The number of likely N-dealkylation sites (N-methyl/N-ethyl adjacent to an activating group) is 1. The monoisotopic (exact) mass is 733 g/mol. The van der Waals surface area contributed by atoms with Gasteiger partial charge in [0.1, 0.15) is 22.8 Å². The summed E-state index contributed by atoms with van der Waals surface area (Å²) in [6.45, 7) is 16.1. The van der Waals surface area contributed by atoms with Gasteiger partial charge in [-0.15, -0.1) is 0 Å². The van der Waals surface area contributed by atoms with Gasteiger partial charge in [0.15, 0.2) is 0 Å². The summed E-state index contributed by atoms with van der Waals surface area (Å²) >= 11 is 0. The van der Waals surface area contributed by atoms with Gasteiger partial charge in [0, 0.05) is 44.5 Å². The minimum atomic E-state index is -0.910. The van der Waals surface area contributed by atoms with Gasteiger partial charge in [0.05, 0.1) is 20.1 Å². The smallest absolute Gasteiger partial charge is 0.414 e. The molecule has 0 saturated heterocycles. The molecule has 0 bridgehead atoms.